The summed E-state index contributed by atoms with van der Waals surface area (Å²) in [4.78, 5) is 36.6. The van der Waals surface area contributed by atoms with E-state index in [2.05, 4.69) is 20.8 Å². The lowest BCUT2D eigenvalue weighted by atomic mass is 9.46. The first-order valence-electron chi connectivity index (χ1n) is 11.2. The summed E-state index contributed by atoms with van der Waals surface area (Å²) in [7, 11) is 0. The highest BCUT2D eigenvalue weighted by Crippen LogP contribution is 2.66. The number of Topliss-reactive ketones (excluding diaryl/α,β-unsaturated/α-hetero) is 1. The summed E-state index contributed by atoms with van der Waals surface area (Å²) < 4.78 is 0. The molecule has 0 aromatic heterocycles. The standard InChI is InChI=1S/C24H34O4/c1-14(4-9-22(27)28)18-7-8-19-17-6-5-15-12-16(25)10-11-23(15,2)20(17)13-21(26)24(18,19)3/h12,14,17-20H,4-11,13H2,1-3H3,(H,27,28)/t14-,17-,18+,19-,20-,23+,24+/m1/s1. The highest BCUT2D eigenvalue weighted by atomic mass is 16.4. The number of carboxylic acids is 1. The third-order valence-corrected chi connectivity index (χ3v) is 9.39. The summed E-state index contributed by atoms with van der Waals surface area (Å²) in [6, 6.07) is 0. The van der Waals surface area contributed by atoms with Gasteiger partial charge in [-0.15, -0.1) is 0 Å². The fourth-order valence-electron chi connectivity index (χ4n) is 7.76. The first-order valence-corrected chi connectivity index (χ1v) is 11.2. The van der Waals surface area contributed by atoms with Crippen LogP contribution in [0.1, 0.15) is 78.6 Å². The summed E-state index contributed by atoms with van der Waals surface area (Å²) >= 11 is 0. The highest BCUT2D eigenvalue weighted by molar-refractivity contribution is 5.92. The van der Waals surface area contributed by atoms with E-state index in [4.69, 9.17) is 5.11 Å². The second-order valence-electron chi connectivity index (χ2n) is 10.5. The molecule has 7 atom stereocenters. The third-order valence-electron chi connectivity index (χ3n) is 9.39. The molecule has 0 unspecified atom stereocenters. The van der Waals surface area contributed by atoms with E-state index in [1.54, 1.807) is 0 Å². The van der Waals surface area contributed by atoms with E-state index in [1.165, 1.54) is 5.57 Å². The number of rotatable bonds is 4. The lowest BCUT2D eigenvalue weighted by Crippen LogP contribution is -2.55. The van der Waals surface area contributed by atoms with Crippen molar-refractivity contribution in [2.45, 2.75) is 78.6 Å². The Morgan fingerprint density at radius 1 is 1.18 bits per heavy atom. The van der Waals surface area contributed by atoms with Gasteiger partial charge >= 0.3 is 5.97 Å². The number of hydrogen-bond donors (Lipinski definition) is 1. The molecule has 4 aliphatic carbocycles. The lowest BCUT2D eigenvalue weighted by Gasteiger charge is -2.57. The van der Waals surface area contributed by atoms with E-state index >= 15 is 0 Å². The van der Waals surface area contributed by atoms with Crippen molar-refractivity contribution in [1.82, 2.24) is 0 Å². The monoisotopic (exact) mass is 386 g/mol. The molecule has 4 aliphatic rings. The minimum Gasteiger partial charge on any atom is -0.481 e. The van der Waals surface area contributed by atoms with Crippen LogP contribution in [0.5, 0.6) is 0 Å². The molecule has 154 valence electrons. The van der Waals surface area contributed by atoms with Crippen molar-refractivity contribution >= 4 is 17.5 Å². The molecule has 0 heterocycles. The maximum absolute atomic E-state index is 13.6. The molecule has 4 rings (SSSR count). The van der Waals surface area contributed by atoms with Crippen LogP contribution in [-0.4, -0.2) is 22.6 Å². The van der Waals surface area contributed by atoms with Crippen molar-refractivity contribution in [1.29, 1.82) is 0 Å². The van der Waals surface area contributed by atoms with Crippen LogP contribution in [0.2, 0.25) is 0 Å². The maximum Gasteiger partial charge on any atom is 0.303 e. The lowest BCUT2D eigenvalue weighted by molar-refractivity contribution is -0.148. The molecule has 0 aliphatic heterocycles. The Morgan fingerprint density at radius 2 is 1.93 bits per heavy atom. The van der Waals surface area contributed by atoms with Gasteiger partial charge < -0.3 is 5.11 Å². The van der Waals surface area contributed by atoms with Gasteiger partial charge in [0, 0.05) is 24.7 Å². The van der Waals surface area contributed by atoms with Crippen LogP contribution >= 0.6 is 0 Å². The first kappa shape index (κ1) is 19.8. The quantitative estimate of drug-likeness (QED) is 0.752. The van der Waals surface area contributed by atoms with Crippen LogP contribution < -0.4 is 0 Å². The summed E-state index contributed by atoms with van der Waals surface area (Å²) in [6.45, 7) is 6.65. The van der Waals surface area contributed by atoms with Crippen molar-refractivity contribution in [3.63, 3.8) is 0 Å². The topological polar surface area (TPSA) is 71.4 Å². The molecule has 0 radical (unpaired) electrons. The van der Waals surface area contributed by atoms with Gasteiger partial charge in [-0.2, -0.15) is 0 Å². The molecule has 0 bridgehead atoms. The van der Waals surface area contributed by atoms with Crippen LogP contribution in [-0.2, 0) is 14.4 Å². The van der Waals surface area contributed by atoms with E-state index in [9.17, 15) is 14.4 Å². The Hall–Kier alpha value is -1.45. The molecular weight excluding hydrogens is 352 g/mol. The number of carbonyl (C=O) groups is 3. The van der Waals surface area contributed by atoms with E-state index in [0.29, 0.717) is 48.7 Å². The van der Waals surface area contributed by atoms with Gasteiger partial charge in [0.15, 0.2) is 5.78 Å². The van der Waals surface area contributed by atoms with Gasteiger partial charge in [-0.25, -0.2) is 0 Å². The van der Waals surface area contributed by atoms with Gasteiger partial charge in [-0.05, 0) is 79.6 Å². The summed E-state index contributed by atoms with van der Waals surface area (Å²) in [5.41, 5.74) is 1.02. The number of aliphatic carboxylic acids is 1. The van der Waals surface area contributed by atoms with Gasteiger partial charge in [0.25, 0.3) is 0 Å². The maximum atomic E-state index is 13.6. The number of carboxylic acid groups (broad SMARTS) is 1. The number of hydrogen-bond acceptors (Lipinski definition) is 3. The average molecular weight is 387 g/mol. The smallest absolute Gasteiger partial charge is 0.303 e. The molecule has 0 aromatic rings. The summed E-state index contributed by atoms with van der Waals surface area (Å²) in [6.07, 6.45) is 9.16. The van der Waals surface area contributed by atoms with E-state index < -0.39 is 5.97 Å². The zero-order chi connectivity index (χ0) is 20.3. The fourth-order valence-corrected chi connectivity index (χ4v) is 7.76. The molecule has 4 heteroatoms. The van der Waals surface area contributed by atoms with Gasteiger partial charge in [-0.3, -0.25) is 14.4 Å². The molecule has 0 spiro atoms. The molecule has 3 saturated carbocycles. The Morgan fingerprint density at radius 3 is 2.64 bits per heavy atom. The van der Waals surface area contributed by atoms with Gasteiger partial charge in [0.1, 0.15) is 5.78 Å². The Bertz CT molecular complexity index is 737. The van der Waals surface area contributed by atoms with Crippen LogP contribution in [0.3, 0.4) is 0 Å². The molecule has 3 fully saturated rings. The van der Waals surface area contributed by atoms with E-state index in [0.717, 1.165) is 32.1 Å². The first-order chi connectivity index (χ1) is 13.2. The van der Waals surface area contributed by atoms with Crippen molar-refractivity contribution < 1.29 is 19.5 Å². The van der Waals surface area contributed by atoms with Crippen molar-refractivity contribution in [2.24, 2.45) is 40.4 Å². The summed E-state index contributed by atoms with van der Waals surface area (Å²) in [5.74, 6) is 1.86. The molecule has 0 amide bonds. The van der Waals surface area contributed by atoms with Crippen molar-refractivity contribution in [3.8, 4) is 0 Å². The average Bonchev–Trinajstić information content (AvgIpc) is 3.00. The van der Waals surface area contributed by atoms with E-state index in [-0.39, 0.29) is 29.0 Å². The third kappa shape index (κ3) is 2.81. The summed E-state index contributed by atoms with van der Waals surface area (Å²) in [5, 5.41) is 9.07. The Kier molecular flexibility index (Phi) is 4.83. The van der Waals surface area contributed by atoms with Gasteiger partial charge in [-0.1, -0.05) is 26.3 Å². The molecule has 4 nitrogen and oxygen atoms in total. The molecule has 0 saturated heterocycles. The minimum absolute atomic E-state index is 0.0147. The normalized spacial score (nSPS) is 43.6. The molecule has 1 N–H and O–H groups in total. The molecular formula is C24H34O4. The predicted molar refractivity (Wildman–Crippen MR) is 107 cm³/mol. The number of ketones is 2. The van der Waals surface area contributed by atoms with E-state index in [1.807, 2.05) is 6.08 Å². The zero-order valence-corrected chi connectivity index (χ0v) is 17.5. The largest absolute Gasteiger partial charge is 0.481 e. The van der Waals surface area contributed by atoms with Crippen molar-refractivity contribution in [2.75, 3.05) is 0 Å². The Balaban J connectivity index is 1.61. The fraction of sp³-hybridized carbons (Fsp3) is 0.792. The Labute approximate surface area is 168 Å². The molecule has 28 heavy (non-hydrogen) atoms. The number of carbonyl (C=O) groups excluding carboxylic acids is 2. The van der Waals surface area contributed by atoms with Crippen molar-refractivity contribution in [3.05, 3.63) is 11.6 Å². The second-order valence-corrected chi connectivity index (χ2v) is 10.5. The highest BCUT2D eigenvalue weighted by Gasteiger charge is 2.63. The van der Waals surface area contributed by atoms with Crippen LogP contribution in [0.25, 0.3) is 0 Å². The number of fused-ring (bicyclic) bond motifs is 5. The predicted octanol–water partition coefficient (Wildman–Crippen LogP) is 4.81. The zero-order valence-electron chi connectivity index (χ0n) is 17.5. The van der Waals surface area contributed by atoms with Gasteiger partial charge in [0.2, 0.25) is 0 Å². The van der Waals surface area contributed by atoms with Crippen LogP contribution in [0.4, 0.5) is 0 Å². The van der Waals surface area contributed by atoms with Crippen LogP contribution in [0.15, 0.2) is 11.6 Å². The SMILES string of the molecule is C[C@H](CCC(=O)O)[C@@H]1CC[C@@H]2[C@H]3CCC4=CC(=O)CC[C@]4(C)[C@@H]3CC(=O)[C@]21C. The van der Waals surface area contributed by atoms with Gasteiger partial charge in [0.05, 0.1) is 0 Å². The molecule has 0 aromatic carbocycles. The number of allylic oxidation sites excluding steroid dienone is 1. The second kappa shape index (κ2) is 6.81. The van der Waals surface area contributed by atoms with Crippen LogP contribution in [0, 0.1) is 40.4 Å². The minimum atomic E-state index is -0.743.